The zero-order valence-electron chi connectivity index (χ0n) is 12.2. The van der Waals surface area contributed by atoms with Crippen LogP contribution < -0.4 is 10.1 Å². The minimum Gasteiger partial charge on any atom is -0.496 e. The van der Waals surface area contributed by atoms with E-state index in [4.69, 9.17) is 4.74 Å². The molecule has 0 saturated carbocycles. The van der Waals surface area contributed by atoms with Crippen LogP contribution in [-0.4, -0.2) is 55.9 Å². The summed E-state index contributed by atoms with van der Waals surface area (Å²) in [6.07, 6.45) is -6.45. The Hall–Kier alpha value is -2.29. The first-order valence-electron chi connectivity index (χ1n) is 6.77. The first-order chi connectivity index (χ1) is 10.8. The van der Waals surface area contributed by atoms with Gasteiger partial charge in [0.25, 0.3) is 5.91 Å². The molecule has 2 rings (SSSR count). The van der Waals surface area contributed by atoms with Crippen molar-refractivity contribution < 1.29 is 32.2 Å². The van der Waals surface area contributed by atoms with Gasteiger partial charge in [-0.1, -0.05) is 12.1 Å². The Bertz CT molecular complexity index is 592. The maximum absolute atomic E-state index is 12.6. The molecule has 1 aliphatic heterocycles. The molecule has 1 heterocycles. The highest BCUT2D eigenvalue weighted by Gasteiger charge is 2.44. The topological polar surface area (TPSA) is 67.9 Å². The van der Waals surface area contributed by atoms with Crippen LogP contribution in [-0.2, 0) is 9.53 Å². The van der Waals surface area contributed by atoms with Crippen LogP contribution >= 0.6 is 0 Å². The second-order valence-electron chi connectivity index (χ2n) is 4.76. The SMILES string of the molecule is COc1ccccc1C(=O)N1CCNCC1OC(=O)C(F)(F)F. The molecule has 6 nitrogen and oxygen atoms in total. The molecular formula is C14H15F3N2O4. The van der Waals surface area contributed by atoms with Gasteiger partial charge in [0.15, 0.2) is 6.23 Å². The predicted molar refractivity (Wildman–Crippen MR) is 72.8 cm³/mol. The number of hydrogen-bond donors (Lipinski definition) is 1. The maximum Gasteiger partial charge on any atom is 0.491 e. The third-order valence-electron chi connectivity index (χ3n) is 3.27. The highest BCUT2D eigenvalue weighted by Crippen LogP contribution is 2.23. The summed E-state index contributed by atoms with van der Waals surface area (Å²) in [6, 6.07) is 6.32. The number of halogens is 3. The Balaban J connectivity index is 2.21. The van der Waals surface area contributed by atoms with Gasteiger partial charge in [-0.3, -0.25) is 4.79 Å². The van der Waals surface area contributed by atoms with E-state index in [1.54, 1.807) is 18.2 Å². The van der Waals surface area contributed by atoms with Crippen molar-refractivity contribution in [2.45, 2.75) is 12.4 Å². The molecule has 1 atom stereocenters. The molecule has 0 bridgehead atoms. The molecule has 1 amide bonds. The number of esters is 1. The van der Waals surface area contributed by atoms with Crippen molar-refractivity contribution in [1.29, 1.82) is 0 Å². The van der Waals surface area contributed by atoms with Crippen LogP contribution in [0.25, 0.3) is 0 Å². The molecule has 1 aromatic rings. The molecule has 1 aliphatic rings. The van der Waals surface area contributed by atoms with Gasteiger partial charge in [0.2, 0.25) is 0 Å². The van der Waals surface area contributed by atoms with Gasteiger partial charge in [0.1, 0.15) is 5.75 Å². The monoisotopic (exact) mass is 332 g/mol. The number of nitrogens with one attached hydrogen (secondary N) is 1. The molecule has 1 unspecified atom stereocenters. The molecule has 9 heteroatoms. The number of para-hydroxylation sites is 1. The van der Waals surface area contributed by atoms with Crippen molar-refractivity contribution in [3.05, 3.63) is 29.8 Å². The van der Waals surface area contributed by atoms with E-state index < -0.39 is 24.3 Å². The second-order valence-corrected chi connectivity index (χ2v) is 4.76. The minimum absolute atomic E-state index is 0.0806. The zero-order chi connectivity index (χ0) is 17.0. The highest BCUT2D eigenvalue weighted by atomic mass is 19.4. The number of hydrogen-bond acceptors (Lipinski definition) is 5. The summed E-state index contributed by atoms with van der Waals surface area (Å²) >= 11 is 0. The predicted octanol–water partition coefficient (Wildman–Crippen LogP) is 1.17. The third kappa shape index (κ3) is 3.92. The average molecular weight is 332 g/mol. The fourth-order valence-corrected chi connectivity index (χ4v) is 2.18. The molecular weight excluding hydrogens is 317 g/mol. The normalized spacial score (nSPS) is 18.4. The summed E-state index contributed by atoms with van der Waals surface area (Å²) in [7, 11) is 1.38. The number of carbonyl (C=O) groups is 2. The van der Waals surface area contributed by atoms with Gasteiger partial charge in [-0.05, 0) is 12.1 Å². The summed E-state index contributed by atoms with van der Waals surface area (Å²) in [4.78, 5) is 24.7. The number of alkyl halides is 3. The van der Waals surface area contributed by atoms with Gasteiger partial charge in [0, 0.05) is 13.1 Å². The van der Waals surface area contributed by atoms with E-state index in [1.807, 2.05) is 0 Å². The van der Waals surface area contributed by atoms with E-state index in [2.05, 4.69) is 10.1 Å². The molecule has 1 N–H and O–H groups in total. The van der Waals surface area contributed by atoms with E-state index in [9.17, 15) is 22.8 Å². The number of methoxy groups -OCH3 is 1. The molecule has 1 fully saturated rings. The summed E-state index contributed by atoms with van der Waals surface area (Å²) in [5, 5.41) is 2.79. The molecule has 126 valence electrons. The number of ether oxygens (including phenoxy) is 2. The Morgan fingerprint density at radius 2 is 2.00 bits per heavy atom. The van der Waals surface area contributed by atoms with E-state index in [1.165, 1.54) is 13.2 Å². The minimum atomic E-state index is -5.11. The Morgan fingerprint density at radius 3 is 2.65 bits per heavy atom. The summed E-state index contributed by atoms with van der Waals surface area (Å²) < 4.78 is 46.6. The van der Waals surface area contributed by atoms with Gasteiger partial charge >= 0.3 is 12.1 Å². The quantitative estimate of drug-likeness (QED) is 0.842. The van der Waals surface area contributed by atoms with Crippen LogP contribution in [0.5, 0.6) is 5.75 Å². The molecule has 0 aromatic heterocycles. The van der Waals surface area contributed by atoms with E-state index >= 15 is 0 Å². The van der Waals surface area contributed by atoms with E-state index in [0.717, 1.165) is 4.90 Å². The van der Waals surface area contributed by atoms with Crippen LogP contribution in [0.2, 0.25) is 0 Å². The van der Waals surface area contributed by atoms with Gasteiger partial charge in [-0.25, -0.2) is 4.79 Å². The lowest BCUT2D eigenvalue weighted by atomic mass is 10.1. The largest absolute Gasteiger partial charge is 0.496 e. The Morgan fingerprint density at radius 1 is 1.30 bits per heavy atom. The van der Waals surface area contributed by atoms with Crippen LogP contribution in [0.4, 0.5) is 13.2 Å². The van der Waals surface area contributed by atoms with Crippen molar-refractivity contribution in [3.8, 4) is 5.75 Å². The van der Waals surface area contributed by atoms with Crippen molar-refractivity contribution in [3.63, 3.8) is 0 Å². The van der Waals surface area contributed by atoms with Crippen molar-refractivity contribution in [2.75, 3.05) is 26.7 Å². The van der Waals surface area contributed by atoms with Crippen molar-refractivity contribution in [2.24, 2.45) is 0 Å². The van der Waals surface area contributed by atoms with E-state index in [-0.39, 0.29) is 24.4 Å². The Labute approximate surface area is 130 Å². The number of rotatable bonds is 3. The number of piperazine rings is 1. The van der Waals surface area contributed by atoms with Gasteiger partial charge in [-0.2, -0.15) is 13.2 Å². The maximum atomic E-state index is 12.6. The van der Waals surface area contributed by atoms with Crippen molar-refractivity contribution in [1.82, 2.24) is 10.2 Å². The number of benzene rings is 1. The molecule has 0 aliphatic carbocycles. The number of carbonyl (C=O) groups excluding carboxylic acids is 2. The lowest BCUT2D eigenvalue weighted by molar-refractivity contribution is -0.211. The lowest BCUT2D eigenvalue weighted by Crippen LogP contribution is -2.56. The third-order valence-corrected chi connectivity index (χ3v) is 3.27. The smallest absolute Gasteiger partial charge is 0.491 e. The number of nitrogens with zero attached hydrogens (tertiary/aromatic N) is 1. The molecule has 0 spiro atoms. The van der Waals surface area contributed by atoms with Gasteiger partial charge in [-0.15, -0.1) is 0 Å². The summed E-state index contributed by atoms with van der Waals surface area (Å²) in [5.74, 6) is -2.61. The van der Waals surface area contributed by atoms with Gasteiger partial charge in [0.05, 0.1) is 19.2 Å². The van der Waals surface area contributed by atoms with Crippen LogP contribution in [0.15, 0.2) is 24.3 Å². The fraction of sp³-hybridized carbons (Fsp3) is 0.429. The summed E-state index contributed by atoms with van der Waals surface area (Å²) in [6.45, 7) is 0.399. The molecule has 1 aromatic carbocycles. The van der Waals surface area contributed by atoms with Crippen LogP contribution in [0.1, 0.15) is 10.4 Å². The Kier molecular flexibility index (Phi) is 5.09. The standard InChI is InChI=1S/C14H15F3N2O4/c1-22-10-5-3-2-4-9(10)12(20)19-7-6-18-8-11(19)23-13(21)14(15,16)17/h2-5,11,18H,6-8H2,1H3. The first-order valence-corrected chi connectivity index (χ1v) is 6.77. The molecule has 1 saturated heterocycles. The fourth-order valence-electron chi connectivity index (χ4n) is 2.18. The second kappa shape index (κ2) is 6.86. The summed E-state index contributed by atoms with van der Waals surface area (Å²) in [5.41, 5.74) is 0.185. The van der Waals surface area contributed by atoms with Crippen LogP contribution in [0.3, 0.4) is 0 Å². The number of amides is 1. The molecule has 0 radical (unpaired) electrons. The van der Waals surface area contributed by atoms with Gasteiger partial charge < -0.3 is 19.7 Å². The lowest BCUT2D eigenvalue weighted by Gasteiger charge is -2.35. The van der Waals surface area contributed by atoms with E-state index in [0.29, 0.717) is 6.54 Å². The van der Waals surface area contributed by atoms with Crippen LogP contribution in [0, 0.1) is 0 Å². The van der Waals surface area contributed by atoms with Crippen molar-refractivity contribution >= 4 is 11.9 Å². The zero-order valence-corrected chi connectivity index (χ0v) is 12.2. The molecule has 23 heavy (non-hydrogen) atoms. The average Bonchev–Trinajstić information content (AvgIpc) is 2.53. The highest BCUT2D eigenvalue weighted by molar-refractivity contribution is 5.97. The first kappa shape index (κ1) is 17.1.